The number of hydrogen-bond donors (Lipinski definition) is 2. The van der Waals surface area contributed by atoms with Gasteiger partial charge in [-0.2, -0.15) is 5.10 Å². The van der Waals surface area contributed by atoms with Gasteiger partial charge in [-0.1, -0.05) is 0 Å². The lowest BCUT2D eigenvalue weighted by Crippen LogP contribution is -2.36. The van der Waals surface area contributed by atoms with Crippen LogP contribution in [0.2, 0.25) is 0 Å². The van der Waals surface area contributed by atoms with Gasteiger partial charge in [-0.05, 0) is 63.5 Å². The average Bonchev–Trinajstić information content (AvgIpc) is 3.27. The maximum Gasteiger partial charge on any atom is 0.126 e. The maximum absolute atomic E-state index is 4.50. The molecule has 5 heteroatoms. The van der Waals surface area contributed by atoms with Crippen LogP contribution in [0.1, 0.15) is 37.3 Å². The third-order valence-corrected chi connectivity index (χ3v) is 4.80. The number of hydrogen-bond acceptors (Lipinski definition) is 4. The van der Waals surface area contributed by atoms with Crippen LogP contribution >= 0.6 is 0 Å². The zero-order valence-electron chi connectivity index (χ0n) is 13.0. The lowest BCUT2D eigenvalue weighted by atomic mass is 10.0. The fraction of sp³-hybridized carbons (Fsp3) is 0.529. The molecule has 2 aliphatic rings. The summed E-state index contributed by atoms with van der Waals surface area (Å²) in [7, 11) is 2.19. The Balaban J connectivity index is 1.51. The van der Waals surface area contributed by atoms with Gasteiger partial charge in [-0.15, -0.1) is 0 Å². The largest absolute Gasteiger partial charge is 0.367 e. The van der Waals surface area contributed by atoms with E-state index in [1.807, 2.05) is 12.4 Å². The Kier molecular flexibility index (Phi) is 3.58. The van der Waals surface area contributed by atoms with Crippen molar-refractivity contribution in [3.8, 4) is 11.1 Å². The van der Waals surface area contributed by atoms with Crippen molar-refractivity contribution < 1.29 is 0 Å². The quantitative estimate of drug-likeness (QED) is 0.911. The van der Waals surface area contributed by atoms with Crippen LogP contribution in [-0.4, -0.2) is 46.3 Å². The van der Waals surface area contributed by atoms with Crippen LogP contribution in [0.15, 0.2) is 24.5 Å². The molecule has 1 aliphatic heterocycles. The van der Waals surface area contributed by atoms with Crippen molar-refractivity contribution in [3.05, 3.63) is 30.2 Å². The first-order valence-electron chi connectivity index (χ1n) is 8.24. The van der Waals surface area contributed by atoms with Crippen LogP contribution in [0, 0.1) is 0 Å². The van der Waals surface area contributed by atoms with E-state index in [9.17, 15) is 0 Å². The molecule has 22 heavy (non-hydrogen) atoms. The van der Waals surface area contributed by atoms with Crippen LogP contribution in [-0.2, 0) is 0 Å². The number of anilines is 1. The van der Waals surface area contributed by atoms with Gasteiger partial charge in [-0.25, -0.2) is 4.98 Å². The SMILES string of the molecule is CN1CCC(Nc2cc(-c3cn[nH]c3C3CC3)ccn2)CC1. The monoisotopic (exact) mass is 297 g/mol. The smallest absolute Gasteiger partial charge is 0.126 e. The molecule has 116 valence electrons. The molecule has 1 saturated carbocycles. The van der Waals surface area contributed by atoms with E-state index in [1.165, 1.54) is 42.5 Å². The summed E-state index contributed by atoms with van der Waals surface area (Å²) < 4.78 is 0. The summed E-state index contributed by atoms with van der Waals surface area (Å²) in [5.74, 6) is 1.66. The molecule has 0 unspecified atom stereocenters. The second-order valence-corrected chi connectivity index (χ2v) is 6.62. The number of piperidine rings is 1. The number of pyridine rings is 1. The Bertz CT molecular complexity index is 638. The number of H-pyrrole nitrogens is 1. The van der Waals surface area contributed by atoms with Crippen molar-refractivity contribution in [3.63, 3.8) is 0 Å². The fourth-order valence-electron chi connectivity index (χ4n) is 3.25. The van der Waals surface area contributed by atoms with E-state index in [0.717, 1.165) is 18.9 Å². The summed E-state index contributed by atoms with van der Waals surface area (Å²) >= 11 is 0. The Hall–Kier alpha value is -1.88. The van der Waals surface area contributed by atoms with Crippen molar-refractivity contribution in [1.82, 2.24) is 20.1 Å². The summed E-state index contributed by atoms with van der Waals surface area (Å²) in [6.07, 6.45) is 8.77. The molecular formula is C17H23N5. The molecule has 3 heterocycles. The van der Waals surface area contributed by atoms with E-state index in [2.05, 4.69) is 44.6 Å². The average molecular weight is 297 g/mol. The highest BCUT2D eigenvalue weighted by atomic mass is 15.1. The Labute approximate surface area is 131 Å². The van der Waals surface area contributed by atoms with Gasteiger partial charge in [0.25, 0.3) is 0 Å². The van der Waals surface area contributed by atoms with E-state index < -0.39 is 0 Å². The Morgan fingerprint density at radius 3 is 2.82 bits per heavy atom. The molecule has 0 atom stereocenters. The number of aromatic amines is 1. The predicted molar refractivity (Wildman–Crippen MR) is 87.9 cm³/mol. The highest BCUT2D eigenvalue weighted by Crippen LogP contribution is 2.43. The molecule has 0 bridgehead atoms. The van der Waals surface area contributed by atoms with Crippen molar-refractivity contribution in [2.45, 2.75) is 37.6 Å². The van der Waals surface area contributed by atoms with Crippen molar-refractivity contribution in [2.75, 3.05) is 25.5 Å². The summed E-state index contributed by atoms with van der Waals surface area (Å²) in [4.78, 5) is 6.88. The van der Waals surface area contributed by atoms with Gasteiger partial charge >= 0.3 is 0 Å². The molecule has 2 aromatic rings. The van der Waals surface area contributed by atoms with Crippen molar-refractivity contribution >= 4 is 5.82 Å². The highest BCUT2D eigenvalue weighted by Gasteiger charge is 2.28. The van der Waals surface area contributed by atoms with Crippen LogP contribution in [0.5, 0.6) is 0 Å². The van der Waals surface area contributed by atoms with E-state index in [4.69, 9.17) is 0 Å². The number of rotatable bonds is 4. The molecule has 0 spiro atoms. The number of nitrogens with zero attached hydrogens (tertiary/aromatic N) is 3. The minimum Gasteiger partial charge on any atom is -0.367 e. The Morgan fingerprint density at radius 1 is 1.23 bits per heavy atom. The first-order chi connectivity index (χ1) is 10.8. The zero-order valence-corrected chi connectivity index (χ0v) is 13.0. The molecule has 2 fully saturated rings. The maximum atomic E-state index is 4.50. The molecule has 4 rings (SSSR count). The molecular weight excluding hydrogens is 274 g/mol. The first-order valence-corrected chi connectivity index (χ1v) is 8.24. The molecule has 5 nitrogen and oxygen atoms in total. The number of nitrogens with one attached hydrogen (secondary N) is 2. The molecule has 0 amide bonds. The normalized spacial score (nSPS) is 20.2. The third-order valence-electron chi connectivity index (χ3n) is 4.80. The lowest BCUT2D eigenvalue weighted by molar-refractivity contribution is 0.263. The molecule has 2 aromatic heterocycles. The van der Waals surface area contributed by atoms with Gasteiger partial charge < -0.3 is 10.2 Å². The summed E-state index contributed by atoms with van der Waals surface area (Å²) in [6, 6.07) is 4.78. The highest BCUT2D eigenvalue weighted by molar-refractivity contribution is 5.68. The van der Waals surface area contributed by atoms with Gasteiger partial charge in [0.1, 0.15) is 5.82 Å². The fourth-order valence-corrected chi connectivity index (χ4v) is 3.25. The van der Waals surface area contributed by atoms with E-state index in [1.54, 1.807) is 0 Å². The van der Waals surface area contributed by atoms with Gasteiger partial charge in [0.2, 0.25) is 0 Å². The van der Waals surface area contributed by atoms with Gasteiger partial charge in [0, 0.05) is 29.4 Å². The van der Waals surface area contributed by atoms with Gasteiger partial charge in [0.05, 0.1) is 6.20 Å². The lowest BCUT2D eigenvalue weighted by Gasteiger charge is -2.29. The predicted octanol–water partition coefficient (Wildman–Crippen LogP) is 2.86. The Morgan fingerprint density at radius 2 is 2.05 bits per heavy atom. The molecule has 0 radical (unpaired) electrons. The van der Waals surface area contributed by atoms with E-state index in [-0.39, 0.29) is 0 Å². The van der Waals surface area contributed by atoms with Crippen LogP contribution < -0.4 is 5.32 Å². The summed E-state index contributed by atoms with van der Waals surface area (Å²) in [6.45, 7) is 2.32. The topological polar surface area (TPSA) is 56.8 Å². The molecule has 1 saturated heterocycles. The van der Waals surface area contributed by atoms with Crippen LogP contribution in [0.4, 0.5) is 5.82 Å². The minimum atomic E-state index is 0.534. The molecule has 2 N–H and O–H groups in total. The van der Waals surface area contributed by atoms with Crippen LogP contribution in [0.25, 0.3) is 11.1 Å². The zero-order chi connectivity index (χ0) is 14.9. The van der Waals surface area contributed by atoms with Crippen molar-refractivity contribution in [2.24, 2.45) is 0 Å². The molecule has 1 aliphatic carbocycles. The van der Waals surface area contributed by atoms with E-state index in [0.29, 0.717) is 12.0 Å². The van der Waals surface area contributed by atoms with Gasteiger partial charge in [0.15, 0.2) is 0 Å². The second kappa shape index (κ2) is 5.72. The standard InChI is InChI=1S/C17H23N5/c1-22-8-5-14(6-9-22)20-16-10-13(4-7-18-16)15-11-19-21-17(15)12-2-3-12/h4,7,10-12,14H,2-3,5-6,8-9H2,1H3,(H,18,20)(H,19,21). The summed E-state index contributed by atoms with van der Waals surface area (Å²) in [5, 5.41) is 11.0. The molecule has 0 aromatic carbocycles. The number of aromatic nitrogens is 3. The van der Waals surface area contributed by atoms with E-state index >= 15 is 0 Å². The first kappa shape index (κ1) is 13.8. The number of likely N-dealkylation sites (tertiary alicyclic amines) is 1. The van der Waals surface area contributed by atoms with Crippen molar-refractivity contribution in [1.29, 1.82) is 0 Å². The second-order valence-electron chi connectivity index (χ2n) is 6.62. The summed E-state index contributed by atoms with van der Waals surface area (Å²) in [5.41, 5.74) is 3.73. The minimum absolute atomic E-state index is 0.534. The van der Waals surface area contributed by atoms with Gasteiger partial charge in [-0.3, -0.25) is 5.10 Å². The van der Waals surface area contributed by atoms with Crippen LogP contribution in [0.3, 0.4) is 0 Å². The third kappa shape index (κ3) is 2.86.